The summed E-state index contributed by atoms with van der Waals surface area (Å²) < 4.78 is 5.82. The number of hydrogen-bond donors (Lipinski definition) is 1. The predicted octanol–water partition coefficient (Wildman–Crippen LogP) is 4.36. The number of aromatic nitrogens is 1. The molecule has 1 aliphatic carbocycles. The SMILES string of the molecule is CCOC(=O)CSc1cnc(NC(=O)N(C2CCC(C)CC2)C2CCN(C(=O)N(C)C)CC2)s1. The third kappa shape index (κ3) is 7.24. The fourth-order valence-corrected chi connectivity index (χ4v) is 6.30. The van der Waals surface area contributed by atoms with Crippen molar-refractivity contribution in [1.82, 2.24) is 19.7 Å². The molecule has 1 aliphatic heterocycles. The lowest BCUT2D eigenvalue weighted by Gasteiger charge is -2.44. The Kier molecular flexibility index (Phi) is 9.87. The Labute approximate surface area is 210 Å². The van der Waals surface area contributed by atoms with E-state index < -0.39 is 0 Å². The maximum absolute atomic E-state index is 13.5. The van der Waals surface area contributed by atoms with Gasteiger partial charge in [0.15, 0.2) is 5.13 Å². The molecule has 11 heteroatoms. The van der Waals surface area contributed by atoms with Crippen molar-refractivity contribution in [2.24, 2.45) is 5.92 Å². The maximum Gasteiger partial charge on any atom is 0.324 e. The van der Waals surface area contributed by atoms with Gasteiger partial charge in [-0.2, -0.15) is 0 Å². The molecule has 1 aromatic rings. The minimum absolute atomic E-state index is 0.0246. The molecule has 0 unspecified atom stereocenters. The third-order valence-electron chi connectivity index (χ3n) is 6.46. The average Bonchev–Trinajstić information content (AvgIpc) is 3.26. The average molecular weight is 512 g/mol. The summed E-state index contributed by atoms with van der Waals surface area (Å²) in [5, 5.41) is 3.54. The molecule has 1 N–H and O–H groups in total. The molecule has 0 spiro atoms. The number of carbonyl (C=O) groups excluding carboxylic acids is 3. The highest BCUT2D eigenvalue weighted by atomic mass is 32.2. The van der Waals surface area contributed by atoms with E-state index in [4.69, 9.17) is 4.74 Å². The highest BCUT2D eigenvalue weighted by Crippen LogP contribution is 2.33. The minimum atomic E-state index is -0.261. The number of rotatable bonds is 7. The Balaban J connectivity index is 1.64. The maximum atomic E-state index is 13.5. The summed E-state index contributed by atoms with van der Waals surface area (Å²) in [5.41, 5.74) is 0. The first-order chi connectivity index (χ1) is 16.3. The first-order valence-electron chi connectivity index (χ1n) is 12.1. The summed E-state index contributed by atoms with van der Waals surface area (Å²) in [6.07, 6.45) is 7.49. The van der Waals surface area contributed by atoms with Gasteiger partial charge in [0.05, 0.1) is 22.8 Å². The van der Waals surface area contributed by atoms with Crippen LogP contribution in [-0.4, -0.2) is 89.3 Å². The molecule has 2 heterocycles. The standard InChI is InChI=1S/C23H37N5O4S2/c1-5-32-19(29)15-33-20-14-24-21(34-20)25-22(30)28(17-8-6-16(2)7-9-17)18-10-12-27(13-11-18)23(31)26(3)4/h14,16-18H,5-13,15H2,1-4H3,(H,24,25,30). The molecular weight excluding hydrogens is 474 g/mol. The van der Waals surface area contributed by atoms with Crippen molar-refractivity contribution < 1.29 is 19.1 Å². The van der Waals surface area contributed by atoms with Gasteiger partial charge < -0.3 is 19.4 Å². The summed E-state index contributed by atoms with van der Waals surface area (Å²) in [4.78, 5) is 47.3. The van der Waals surface area contributed by atoms with Crippen molar-refractivity contribution in [1.29, 1.82) is 0 Å². The van der Waals surface area contributed by atoms with Gasteiger partial charge in [-0.25, -0.2) is 14.6 Å². The molecule has 1 saturated carbocycles. The quantitative estimate of drug-likeness (QED) is 0.432. The van der Waals surface area contributed by atoms with Crippen molar-refractivity contribution in [2.75, 3.05) is 44.9 Å². The van der Waals surface area contributed by atoms with Crippen LogP contribution in [0.25, 0.3) is 0 Å². The van der Waals surface area contributed by atoms with Gasteiger partial charge in [-0.05, 0) is 51.4 Å². The zero-order chi connectivity index (χ0) is 24.7. The number of ether oxygens (including phenoxy) is 1. The van der Waals surface area contributed by atoms with Gasteiger partial charge >= 0.3 is 18.0 Å². The Morgan fingerprint density at radius 1 is 1.15 bits per heavy atom. The van der Waals surface area contributed by atoms with Crippen LogP contribution in [-0.2, 0) is 9.53 Å². The first kappa shape index (κ1) is 26.6. The predicted molar refractivity (Wildman–Crippen MR) is 135 cm³/mol. The molecule has 0 atom stereocenters. The number of carbonyl (C=O) groups is 3. The van der Waals surface area contributed by atoms with Crippen LogP contribution in [0.1, 0.15) is 52.4 Å². The second-order valence-electron chi connectivity index (χ2n) is 9.22. The summed E-state index contributed by atoms with van der Waals surface area (Å²) in [7, 11) is 3.54. The fourth-order valence-electron chi connectivity index (χ4n) is 4.64. The Morgan fingerprint density at radius 3 is 2.41 bits per heavy atom. The van der Waals surface area contributed by atoms with E-state index in [0.29, 0.717) is 30.7 Å². The van der Waals surface area contributed by atoms with Crippen LogP contribution in [0.3, 0.4) is 0 Å². The van der Waals surface area contributed by atoms with Gasteiger partial charge in [-0.15, -0.1) is 11.8 Å². The van der Waals surface area contributed by atoms with E-state index in [-0.39, 0.29) is 35.9 Å². The molecule has 1 saturated heterocycles. The van der Waals surface area contributed by atoms with Crippen molar-refractivity contribution in [3.05, 3.63) is 6.20 Å². The number of urea groups is 2. The summed E-state index contributed by atoms with van der Waals surface area (Å²) in [6, 6.07) is 0.210. The number of piperidine rings is 1. The number of esters is 1. The number of anilines is 1. The zero-order valence-corrected chi connectivity index (χ0v) is 22.3. The van der Waals surface area contributed by atoms with E-state index in [9.17, 15) is 14.4 Å². The van der Waals surface area contributed by atoms with Gasteiger partial charge in [-0.3, -0.25) is 10.1 Å². The van der Waals surface area contributed by atoms with E-state index in [1.807, 2.05) is 9.80 Å². The highest BCUT2D eigenvalue weighted by molar-refractivity contribution is 8.01. The number of nitrogens with one attached hydrogen (secondary N) is 1. The molecule has 34 heavy (non-hydrogen) atoms. The second-order valence-corrected chi connectivity index (χ2v) is 11.5. The molecule has 1 aromatic heterocycles. The molecule has 0 aromatic carbocycles. The lowest BCUT2D eigenvalue weighted by atomic mass is 9.85. The first-order valence-corrected chi connectivity index (χ1v) is 13.9. The van der Waals surface area contributed by atoms with E-state index in [1.54, 1.807) is 32.1 Å². The van der Waals surface area contributed by atoms with Crippen LogP contribution in [0.2, 0.25) is 0 Å². The molecule has 190 valence electrons. The Morgan fingerprint density at radius 2 is 1.79 bits per heavy atom. The van der Waals surface area contributed by atoms with Crippen LogP contribution in [0.15, 0.2) is 10.4 Å². The van der Waals surface area contributed by atoms with Crippen LogP contribution < -0.4 is 5.32 Å². The molecule has 2 aliphatic rings. The van der Waals surface area contributed by atoms with Crippen LogP contribution in [0, 0.1) is 5.92 Å². The topological polar surface area (TPSA) is 95.1 Å². The molecule has 9 nitrogen and oxygen atoms in total. The van der Waals surface area contributed by atoms with E-state index >= 15 is 0 Å². The number of thiazole rings is 1. The molecule has 0 bridgehead atoms. The summed E-state index contributed by atoms with van der Waals surface area (Å²) in [5.74, 6) is 0.655. The van der Waals surface area contributed by atoms with Crippen LogP contribution in [0.5, 0.6) is 0 Å². The van der Waals surface area contributed by atoms with Gasteiger partial charge in [0.2, 0.25) is 0 Å². The third-order valence-corrected chi connectivity index (χ3v) is 8.54. The Hall–Kier alpha value is -2.01. The summed E-state index contributed by atoms with van der Waals surface area (Å²) in [6.45, 7) is 5.73. The number of amides is 4. The number of thioether (sulfide) groups is 1. The smallest absolute Gasteiger partial charge is 0.324 e. The second kappa shape index (κ2) is 12.6. The lowest BCUT2D eigenvalue weighted by Crippen LogP contribution is -2.55. The molecule has 4 amide bonds. The number of nitrogens with zero attached hydrogens (tertiary/aromatic N) is 4. The minimum Gasteiger partial charge on any atom is -0.465 e. The van der Waals surface area contributed by atoms with E-state index in [1.165, 1.54) is 23.1 Å². The molecule has 3 rings (SSSR count). The van der Waals surface area contributed by atoms with Crippen molar-refractivity contribution >= 4 is 46.3 Å². The summed E-state index contributed by atoms with van der Waals surface area (Å²) >= 11 is 2.73. The van der Waals surface area contributed by atoms with Crippen molar-refractivity contribution in [2.45, 2.75) is 68.7 Å². The van der Waals surface area contributed by atoms with E-state index in [2.05, 4.69) is 17.2 Å². The fraction of sp³-hybridized carbons (Fsp3) is 0.739. The number of likely N-dealkylation sites (tertiary alicyclic amines) is 1. The molecule has 0 radical (unpaired) electrons. The van der Waals surface area contributed by atoms with Crippen LogP contribution >= 0.6 is 23.1 Å². The highest BCUT2D eigenvalue weighted by Gasteiger charge is 2.36. The van der Waals surface area contributed by atoms with Crippen molar-refractivity contribution in [3.8, 4) is 0 Å². The van der Waals surface area contributed by atoms with Crippen LogP contribution in [0.4, 0.5) is 14.7 Å². The Bertz CT molecular complexity index is 833. The van der Waals surface area contributed by atoms with E-state index in [0.717, 1.165) is 42.7 Å². The number of hydrogen-bond acceptors (Lipinski definition) is 7. The molecular formula is C23H37N5O4S2. The zero-order valence-electron chi connectivity index (χ0n) is 20.6. The van der Waals surface area contributed by atoms with Crippen molar-refractivity contribution in [3.63, 3.8) is 0 Å². The largest absolute Gasteiger partial charge is 0.465 e. The normalized spacial score (nSPS) is 21.1. The van der Waals surface area contributed by atoms with Gasteiger partial charge in [-0.1, -0.05) is 18.3 Å². The lowest BCUT2D eigenvalue weighted by molar-refractivity contribution is -0.139. The van der Waals surface area contributed by atoms with Gasteiger partial charge in [0.1, 0.15) is 0 Å². The molecule has 2 fully saturated rings. The van der Waals surface area contributed by atoms with Gasteiger partial charge in [0.25, 0.3) is 0 Å². The van der Waals surface area contributed by atoms with Gasteiger partial charge in [0, 0.05) is 39.3 Å². The monoisotopic (exact) mass is 511 g/mol.